The molecule has 2 heterocycles. The van der Waals surface area contributed by atoms with Crippen molar-refractivity contribution in [3.63, 3.8) is 0 Å². The molecular weight excluding hydrogens is 310 g/mol. The zero-order valence-electron chi connectivity index (χ0n) is 12.5. The first-order valence-corrected chi connectivity index (χ1v) is 7.47. The molecule has 2 aliphatic rings. The molecule has 3 amide bonds. The summed E-state index contributed by atoms with van der Waals surface area (Å²) in [5.41, 5.74) is 0.820. The molecule has 3 atom stereocenters. The molecule has 2 fully saturated rings. The quantitative estimate of drug-likeness (QED) is 0.747. The van der Waals surface area contributed by atoms with Gasteiger partial charge >= 0.3 is 6.03 Å². The number of aliphatic hydroxyl groups is 2. The van der Waals surface area contributed by atoms with Gasteiger partial charge in [-0.3, -0.25) is 4.79 Å². The van der Waals surface area contributed by atoms with Crippen LogP contribution in [0.2, 0.25) is 0 Å². The molecule has 3 unspecified atom stereocenters. The van der Waals surface area contributed by atoms with Crippen LogP contribution in [-0.2, 0) is 4.79 Å². The highest BCUT2D eigenvalue weighted by molar-refractivity contribution is 6.25. The first-order valence-electron chi connectivity index (χ1n) is 7.47. The van der Waals surface area contributed by atoms with E-state index in [0.717, 1.165) is 4.90 Å². The number of anilines is 1. The fourth-order valence-electron chi connectivity index (χ4n) is 3.45. The van der Waals surface area contributed by atoms with Gasteiger partial charge in [0.05, 0.1) is 23.9 Å². The standard InChI is InChI=1S/C17H13N3O4/c18-7-9-5-6-12(11-4-2-1-3-10(9)11)20-16(23)14-15(22)13(21)8-19(14)17(20)24/h1-6,13-15,21-22H,8H2. The molecule has 2 N–H and O–H groups in total. The molecule has 2 aliphatic heterocycles. The highest BCUT2D eigenvalue weighted by Gasteiger charge is 2.56. The number of aliphatic hydroxyl groups excluding tert-OH is 2. The zero-order valence-corrected chi connectivity index (χ0v) is 12.5. The number of hydrogen-bond donors (Lipinski definition) is 2. The second-order valence-electron chi connectivity index (χ2n) is 5.90. The molecule has 24 heavy (non-hydrogen) atoms. The highest BCUT2D eigenvalue weighted by Crippen LogP contribution is 2.36. The normalized spacial score (nSPS) is 26.1. The van der Waals surface area contributed by atoms with Crippen LogP contribution in [-0.4, -0.2) is 51.8 Å². The summed E-state index contributed by atoms with van der Waals surface area (Å²) in [6, 6.07) is 10.6. The van der Waals surface area contributed by atoms with E-state index in [1.807, 2.05) is 0 Å². The van der Waals surface area contributed by atoms with Crippen LogP contribution in [0.1, 0.15) is 5.56 Å². The van der Waals surface area contributed by atoms with E-state index in [0.29, 0.717) is 22.0 Å². The van der Waals surface area contributed by atoms with E-state index < -0.39 is 30.2 Å². The van der Waals surface area contributed by atoms with Crippen LogP contribution in [0.15, 0.2) is 36.4 Å². The fraction of sp³-hybridized carbons (Fsp3) is 0.235. The minimum absolute atomic E-state index is 0.0822. The molecule has 0 aliphatic carbocycles. The third-order valence-electron chi connectivity index (χ3n) is 4.61. The molecule has 7 heteroatoms. The van der Waals surface area contributed by atoms with E-state index in [1.165, 1.54) is 4.90 Å². The summed E-state index contributed by atoms with van der Waals surface area (Å²) in [6.45, 7) is -0.0822. The Hall–Kier alpha value is -2.95. The van der Waals surface area contributed by atoms with Crippen molar-refractivity contribution in [3.8, 4) is 6.07 Å². The van der Waals surface area contributed by atoms with E-state index in [4.69, 9.17) is 0 Å². The molecule has 7 nitrogen and oxygen atoms in total. The number of nitrogens with zero attached hydrogens (tertiary/aromatic N) is 3. The molecule has 0 radical (unpaired) electrons. The largest absolute Gasteiger partial charge is 0.388 e. The van der Waals surface area contributed by atoms with Gasteiger partial charge in [-0.15, -0.1) is 0 Å². The number of carbonyl (C=O) groups excluding carboxylic acids is 2. The van der Waals surface area contributed by atoms with Crippen molar-refractivity contribution in [2.45, 2.75) is 18.2 Å². The number of urea groups is 1. The lowest BCUT2D eigenvalue weighted by molar-refractivity contribution is -0.122. The lowest BCUT2D eigenvalue weighted by Gasteiger charge is -2.19. The smallest absolute Gasteiger partial charge is 0.332 e. The maximum absolute atomic E-state index is 12.7. The van der Waals surface area contributed by atoms with Crippen molar-refractivity contribution in [2.75, 3.05) is 11.4 Å². The predicted octanol–water partition coefficient (Wildman–Crippen LogP) is 0.584. The van der Waals surface area contributed by atoms with E-state index in [-0.39, 0.29) is 6.54 Å². The second kappa shape index (κ2) is 5.03. The van der Waals surface area contributed by atoms with Gasteiger partial charge in [-0.2, -0.15) is 5.26 Å². The van der Waals surface area contributed by atoms with E-state index >= 15 is 0 Å². The van der Waals surface area contributed by atoms with Crippen molar-refractivity contribution in [1.29, 1.82) is 5.26 Å². The molecule has 2 aromatic carbocycles. The van der Waals surface area contributed by atoms with E-state index in [9.17, 15) is 25.1 Å². The summed E-state index contributed by atoms with van der Waals surface area (Å²) in [5.74, 6) is -0.570. The second-order valence-corrected chi connectivity index (χ2v) is 5.90. The number of hydrogen-bond acceptors (Lipinski definition) is 5. The van der Waals surface area contributed by atoms with Crippen LogP contribution in [0.5, 0.6) is 0 Å². The molecule has 0 aromatic heterocycles. The predicted molar refractivity (Wildman–Crippen MR) is 84.1 cm³/mol. The minimum Gasteiger partial charge on any atom is -0.388 e. The maximum Gasteiger partial charge on any atom is 0.332 e. The SMILES string of the molecule is N#Cc1ccc(N2C(=O)C3C(O)C(O)CN3C2=O)c2ccccc12. The number of carbonyl (C=O) groups is 2. The summed E-state index contributed by atoms with van der Waals surface area (Å²) in [7, 11) is 0. The van der Waals surface area contributed by atoms with Crippen LogP contribution < -0.4 is 4.90 Å². The molecule has 0 saturated carbocycles. The first-order chi connectivity index (χ1) is 11.5. The van der Waals surface area contributed by atoms with Crippen LogP contribution in [0.3, 0.4) is 0 Å². The lowest BCUT2D eigenvalue weighted by atomic mass is 10.0. The Balaban J connectivity index is 1.87. The van der Waals surface area contributed by atoms with Gasteiger partial charge in [-0.1, -0.05) is 24.3 Å². The topological polar surface area (TPSA) is 105 Å². The Morgan fingerprint density at radius 1 is 1.08 bits per heavy atom. The molecule has 0 spiro atoms. The third kappa shape index (κ3) is 1.78. The summed E-state index contributed by atoms with van der Waals surface area (Å²) in [4.78, 5) is 27.5. The number of imide groups is 1. The molecule has 4 rings (SSSR count). The van der Waals surface area contributed by atoms with Gasteiger partial charge in [0.25, 0.3) is 5.91 Å². The van der Waals surface area contributed by atoms with Crippen molar-refractivity contribution in [2.24, 2.45) is 0 Å². The lowest BCUT2D eigenvalue weighted by Crippen LogP contribution is -2.40. The highest BCUT2D eigenvalue weighted by atomic mass is 16.3. The number of fused-ring (bicyclic) bond motifs is 2. The van der Waals surface area contributed by atoms with Crippen molar-refractivity contribution in [3.05, 3.63) is 42.0 Å². The van der Waals surface area contributed by atoms with Crippen LogP contribution in [0, 0.1) is 11.3 Å². The first kappa shape index (κ1) is 14.6. The number of benzene rings is 2. The van der Waals surface area contributed by atoms with E-state index in [1.54, 1.807) is 36.4 Å². The fourth-order valence-corrected chi connectivity index (χ4v) is 3.45. The Kier molecular flexibility index (Phi) is 3.06. The number of amides is 3. The molecule has 2 saturated heterocycles. The Bertz CT molecular complexity index is 920. The third-order valence-corrected chi connectivity index (χ3v) is 4.61. The Labute approximate surface area is 136 Å². The van der Waals surface area contributed by atoms with Gasteiger partial charge < -0.3 is 15.1 Å². The molecule has 2 aromatic rings. The molecule has 0 bridgehead atoms. The number of nitriles is 1. The van der Waals surface area contributed by atoms with E-state index in [2.05, 4.69) is 6.07 Å². The minimum atomic E-state index is -1.30. The number of rotatable bonds is 1. The Morgan fingerprint density at radius 2 is 1.79 bits per heavy atom. The van der Waals surface area contributed by atoms with Gasteiger partial charge in [0.2, 0.25) is 0 Å². The Morgan fingerprint density at radius 3 is 2.46 bits per heavy atom. The van der Waals surface area contributed by atoms with Crippen LogP contribution in [0.25, 0.3) is 10.8 Å². The zero-order chi connectivity index (χ0) is 17.0. The van der Waals surface area contributed by atoms with Crippen molar-refractivity contribution < 1.29 is 19.8 Å². The van der Waals surface area contributed by atoms with Crippen LogP contribution in [0.4, 0.5) is 10.5 Å². The summed E-state index contributed by atoms with van der Waals surface area (Å²) >= 11 is 0. The molecule has 120 valence electrons. The average Bonchev–Trinajstić information content (AvgIpc) is 3.02. The van der Waals surface area contributed by atoms with Crippen molar-refractivity contribution >= 4 is 28.4 Å². The summed E-state index contributed by atoms with van der Waals surface area (Å²) < 4.78 is 0. The monoisotopic (exact) mass is 323 g/mol. The van der Waals surface area contributed by atoms with Gasteiger partial charge in [0.15, 0.2) is 0 Å². The van der Waals surface area contributed by atoms with Gasteiger partial charge in [0, 0.05) is 10.8 Å². The van der Waals surface area contributed by atoms with Gasteiger partial charge in [0.1, 0.15) is 18.2 Å². The van der Waals surface area contributed by atoms with Gasteiger partial charge in [-0.05, 0) is 12.1 Å². The average molecular weight is 323 g/mol. The summed E-state index contributed by atoms with van der Waals surface area (Å²) in [6.07, 6.45) is -2.42. The van der Waals surface area contributed by atoms with Crippen LogP contribution >= 0.6 is 0 Å². The summed E-state index contributed by atoms with van der Waals surface area (Å²) in [5, 5.41) is 30.1. The maximum atomic E-state index is 12.7. The van der Waals surface area contributed by atoms with Crippen molar-refractivity contribution in [1.82, 2.24) is 4.90 Å². The van der Waals surface area contributed by atoms with Gasteiger partial charge in [-0.25, -0.2) is 9.69 Å². The molecular formula is C17H13N3O4.